The van der Waals surface area contributed by atoms with Crippen molar-refractivity contribution in [3.63, 3.8) is 0 Å². The molecule has 0 saturated carbocycles. The molecule has 4 heterocycles. The van der Waals surface area contributed by atoms with Crippen LogP contribution in [0.25, 0.3) is 127 Å². The minimum Gasteiger partial charge on any atom is -0.439 e. The normalized spacial score (nSPS) is 11.9. The van der Waals surface area contributed by atoms with Gasteiger partial charge in [0.25, 0.3) is 0 Å². The summed E-state index contributed by atoms with van der Waals surface area (Å²) in [6.07, 6.45) is 0. The fourth-order valence-electron chi connectivity index (χ4n) is 10.7. The van der Waals surface area contributed by atoms with Crippen LogP contribution >= 0.6 is 0 Å². The average Bonchev–Trinajstić information content (AvgIpc) is 4.12. The highest BCUT2D eigenvalue weighted by atomic mass is 16.3. The Balaban J connectivity index is 0.937. The second kappa shape index (κ2) is 14.3. The first-order chi connectivity index (χ1) is 32.7. The molecule has 0 aliphatic rings. The van der Waals surface area contributed by atoms with E-state index in [1.807, 2.05) is 6.07 Å². The third-order valence-corrected chi connectivity index (χ3v) is 13.7. The zero-order valence-electron chi connectivity index (χ0n) is 35.8. The fraction of sp³-hybridized carbons (Fsp3) is 0. The highest BCUT2D eigenvalue weighted by Gasteiger charge is 2.23. The molecule has 4 nitrogen and oxygen atoms in total. The molecule has 0 aliphatic carbocycles. The molecule has 0 bridgehead atoms. The maximum atomic E-state index is 6.65. The van der Waals surface area contributed by atoms with Crippen LogP contribution in [-0.2, 0) is 0 Å². The van der Waals surface area contributed by atoms with Gasteiger partial charge in [-0.3, -0.25) is 4.57 Å². The molecule has 10 aromatic carbocycles. The number of hydrogen-bond acceptors (Lipinski definition) is 1. The van der Waals surface area contributed by atoms with Gasteiger partial charge in [-0.05, 0) is 124 Å². The standard InChI is InChI=1S/C62H39N3O/c1-4-15-40(16-5-1)42-29-34-56-52(37-42)53-39-44(43-30-35-55-51(38-43)49-21-10-12-24-54(49)63(55)45-17-6-2-7-18-45)31-36-57(53)64(56)47-32-27-41(28-33-47)48-23-14-25-58-60(48)61-50-22-11-13-26-59(50)66-62(61)65(58)46-19-8-3-9-20-46/h1-39H. The lowest BCUT2D eigenvalue weighted by molar-refractivity contribution is 0.645. The van der Waals surface area contributed by atoms with Gasteiger partial charge in [-0.25, -0.2) is 0 Å². The monoisotopic (exact) mass is 841 g/mol. The van der Waals surface area contributed by atoms with Gasteiger partial charge in [0.1, 0.15) is 5.58 Å². The van der Waals surface area contributed by atoms with Crippen molar-refractivity contribution in [2.75, 3.05) is 0 Å². The van der Waals surface area contributed by atoms with Crippen molar-refractivity contribution in [1.82, 2.24) is 13.7 Å². The van der Waals surface area contributed by atoms with Crippen LogP contribution in [0.2, 0.25) is 0 Å². The van der Waals surface area contributed by atoms with Crippen LogP contribution in [0, 0.1) is 0 Å². The molecule has 0 saturated heterocycles. The minimum atomic E-state index is 0.861. The van der Waals surface area contributed by atoms with E-state index in [4.69, 9.17) is 4.42 Å². The van der Waals surface area contributed by atoms with Crippen molar-refractivity contribution in [1.29, 1.82) is 0 Å². The average molecular weight is 842 g/mol. The van der Waals surface area contributed by atoms with E-state index in [2.05, 4.69) is 244 Å². The number of nitrogens with zero attached hydrogens (tertiary/aromatic N) is 3. The summed E-state index contributed by atoms with van der Waals surface area (Å²) in [6.45, 7) is 0. The van der Waals surface area contributed by atoms with E-state index in [0.29, 0.717) is 0 Å². The van der Waals surface area contributed by atoms with Crippen molar-refractivity contribution < 1.29 is 4.42 Å². The smallest absolute Gasteiger partial charge is 0.213 e. The molecule has 0 radical (unpaired) electrons. The number of para-hydroxylation sites is 4. The molecule has 0 unspecified atom stereocenters. The van der Waals surface area contributed by atoms with Crippen LogP contribution in [0.1, 0.15) is 0 Å². The largest absolute Gasteiger partial charge is 0.439 e. The number of rotatable bonds is 6. The Hall–Kier alpha value is -8.86. The molecule has 0 amide bonds. The number of benzene rings is 10. The minimum absolute atomic E-state index is 0.861. The molecule has 0 aliphatic heterocycles. The lowest BCUT2D eigenvalue weighted by Crippen LogP contribution is -1.94. The molecule has 14 rings (SSSR count). The third-order valence-electron chi connectivity index (χ3n) is 13.7. The Morgan fingerprint density at radius 1 is 0.258 bits per heavy atom. The van der Waals surface area contributed by atoms with Crippen LogP contribution in [0.3, 0.4) is 0 Å². The van der Waals surface area contributed by atoms with E-state index in [-0.39, 0.29) is 0 Å². The summed E-state index contributed by atoms with van der Waals surface area (Å²) < 4.78 is 13.7. The van der Waals surface area contributed by atoms with Crippen molar-refractivity contribution >= 4 is 76.6 Å². The number of fused-ring (bicyclic) bond motifs is 11. The Morgan fingerprint density at radius 3 is 1.35 bits per heavy atom. The topological polar surface area (TPSA) is 27.9 Å². The Kier molecular flexibility index (Phi) is 7.95. The molecule has 0 spiro atoms. The molecule has 4 aromatic heterocycles. The van der Waals surface area contributed by atoms with Crippen molar-refractivity contribution in [2.24, 2.45) is 0 Å². The molecule has 0 atom stereocenters. The van der Waals surface area contributed by atoms with Crippen molar-refractivity contribution in [2.45, 2.75) is 0 Å². The lowest BCUT2D eigenvalue weighted by Gasteiger charge is -2.11. The molecule has 66 heavy (non-hydrogen) atoms. The summed E-state index contributed by atoms with van der Waals surface area (Å²) in [5.41, 5.74) is 18.1. The predicted octanol–water partition coefficient (Wildman–Crippen LogP) is 16.7. The quantitative estimate of drug-likeness (QED) is 0.164. The summed E-state index contributed by atoms with van der Waals surface area (Å²) in [5.74, 6) is 0. The summed E-state index contributed by atoms with van der Waals surface area (Å²) >= 11 is 0. The lowest BCUT2D eigenvalue weighted by atomic mass is 9.98. The Labute approximate surface area is 380 Å². The first-order valence-electron chi connectivity index (χ1n) is 22.6. The van der Waals surface area contributed by atoms with Gasteiger partial charge in [0.05, 0.1) is 33.0 Å². The zero-order chi connectivity index (χ0) is 43.3. The summed E-state index contributed by atoms with van der Waals surface area (Å²) in [4.78, 5) is 0. The molecular weight excluding hydrogens is 803 g/mol. The van der Waals surface area contributed by atoms with Gasteiger partial charge in [-0.2, -0.15) is 0 Å². The molecule has 308 valence electrons. The van der Waals surface area contributed by atoms with Crippen molar-refractivity contribution in [3.05, 3.63) is 237 Å². The van der Waals surface area contributed by atoms with E-state index in [0.717, 1.165) is 50.2 Å². The molecule has 0 fully saturated rings. The predicted molar refractivity (Wildman–Crippen MR) is 276 cm³/mol. The number of furan rings is 1. The van der Waals surface area contributed by atoms with Gasteiger partial charge in [0, 0.05) is 49.4 Å². The van der Waals surface area contributed by atoms with Crippen LogP contribution < -0.4 is 0 Å². The maximum absolute atomic E-state index is 6.65. The van der Waals surface area contributed by atoms with Gasteiger partial charge in [0.15, 0.2) is 0 Å². The summed E-state index contributed by atoms with van der Waals surface area (Å²) in [6, 6.07) is 85.6. The van der Waals surface area contributed by atoms with E-state index < -0.39 is 0 Å². The van der Waals surface area contributed by atoms with E-state index in [1.54, 1.807) is 0 Å². The summed E-state index contributed by atoms with van der Waals surface area (Å²) in [5, 5.41) is 8.38. The number of aromatic nitrogens is 3. The molecule has 0 N–H and O–H groups in total. The Bertz CT molecular complexity index is 4190. The van der Waals surface area contributed by atoms with Gasteiger partial charge in [-0.1, -0.05) is 146 Å². The maximum Gasteiger partial charge on any atom is 0.213 e. The first kappa shape index (κ1) is 36.6. The second-order valence-electron chi connectivity index (χ2n) is 17.3. The highest BCUT2D eigenvalue weighted by molar-refractivity contribution is 6.24. The van der Waals surface area contributed by atoms with Crippen LogP contribution in [-0.4, -0.2) is 13.7 Å². The van der Waals surface area contributed by atoms with E-state index in [9.17, 15) is 0 Å². The van der Waals surface area contributed by atoms with Gasteiger partial charge < -0.3 is 13.6 Å². The summed E-state index contributed by atoms with van der Waals surface area (Å²) in [7, 11) is 0. The van der Waals surface area contributed by atoms with Gasteiger partial charge in [-0.15, -0.1) is 0 Å². The molecule has 4 heteroatoms. The molecular formula is C62H39N3O. The first-order valence-corrected chi connectivity index (χ1v) is 22.6. The van der Waals surface area contributed by atoms with Gasteiger partial charge >= 0.3 is 0 Å². The third kappa shape index (κ3) is 5.45. The SMILES string of the molecule is c1ccc(-c2ccc3c(c2)c2cc(-c4ccc5c(c4)c4ccccc4n5-c4ccccc4)ccc2n3-c2ccc(-c3cccc4c3c3c5ccccc5oc3n4-c3ccccc3)cc2)cc1. The molecule has 14 aromatic rings. The Morgan fingerprint density at radius 2 is 0.712 bits per heavy atom. The van der Waals surface area contributed by atoms with Crippen LogP contribution in [0.4, 0.5) is 0 Å². The van der Waals surface area contributed by atoms with Crippen molar-refractivity contribution in [3.8, 4) is 50.4 Å². The van der Waals surface area contributed by atoms with E-state index >= 15 is 0 Å². The fourth-order valence-corrected chi connectivity index (χ4v) is 10.7. The van der Waals surface area contributed by atoms with Crippen LogP contribution in [0.5, 0.6) is 0 Å². The van der Waals surface area contributed by atoms with Crippen LogP contribution in [0.15, 0.2) is 241 Å². The van der Waals surface area contributed by atoms with E-state index in [1.165, 1.54) is 76.8 Å². The second-order valence-corrected chi connectivity index (χ2v) is 17.3. The zero-order valence-corrected chi connectivity index (χ0v) is 35.8. The highest BCUT2D eigenvalue weighted by Crippen LogP contribution is 2.44. The van der Waals surface area contributed by atoms with Gasteiger partial charge in [0.2, 0.25) is 5.71 Å². The number of hydrogen-bond donors (Lipinski definition) is 0.